The van der Waals surface area contributed by atoms with Crippen LogP contribution in [-0.4, -0.2) is 47.9 Å². The number of carbonyl (C=O) groups is 2. The molecule has 5 heteroatoms. The van der Waals surface area contributed by atoms with Crippen LogP contribution >= 0.6 is 0 Å². The van der Waals surface area contributed by atoms with Gasteiger partial charge in [0.2, 0.25) is 5.91 Å². The van der Waals surface area contributed by atoms with E-state index >= 15 is 0 Å². The maximum atomic E-state index is 12.1. The molecule has 0 aromatic carbocycles. The summed E-state index contributed by atoms with van der Waals surface area (Å²) in [5.41, 5.74) is 0.339. The fourth-order valence-electron chi connectivity index (χ4n) is 1.90. The van der Waals surface area contributed by atoms with Gasteiger partial charge in [-0.15, -0.1) is 0 Å². The Morgan fingerprint density at radius 2 is 2.06 bits per heavy atom. The summed E-state index contributed by atoms with van der Waals surface area (Å²) in [6.07, 6.45) is 1.55. The third-order valence-electron chi connectivity index (χ3n) is 3.00. The maximum absolute atomic E-state index is 12.1. The zero-order valence-electron chi connectivity index (χ0n) is 10.3. The van der Waals surface area contributed by atoms with E-state index in [0.29, 0.717) is 32.0 Å². The second kappa shape index (κ2) is 5.73. The van der Waals surface area contributed by atoms with Gasteiger partial charge in [-0.05, 0) is 19.1 Å². The van der Waals surface area contributed by atoms with Crippen molar-refractivity contribution in [3.63, 3.8) is 0 Å². The van der Waals surface area contributed by atoms with Crippen LogP contribution in [0.3, 0.4) is 0 Å². The predicted octanol–water partition coefficient (Wildman–Crippen LogP) is 0.759. The highest BCUT2D eigenvalue weighted by molar-refractivity contribution is 6.08. The third kappa shape index (κ3) is 2.73. The quantitative estimate of drug-likeness (QED) is 0.585. The number of Topliss-reactive ketones (excluding diaryl/α,β-unsaturated/α-hetero) is 1. The van der Waals surface area contributed by atoms with E-state index in [1.54, 1.807) is 36.2 Å². The van der Waals surface area contributed by atoms with Crippen molar-refractivity contribution in [3.8, 4) is 0 Å². The second-order valence-electron chi connectivity index (χ2n) is 4.24. The molecule has 0 saturated carbocycles. The number of carbonyl (C=O) groups excluding carboxylic acids is 2. The van der Waals surface area contributed by atoms with Crippen molar-refractivity contribution in [1.29, 1.82) is 0 Å². The fraction of sp³-hybridized carbons (Fsp3) is 0.462. The molecule has 1 aliphatic heterocycles. The number of ketones is 1. The first kappa shape index (κ1) is 12.7. The Bertz CT molecular complexity index is 427. The van der Waals surface area contributed by atoms with Gasteiger partial charge in [0.05, 0.1) is 13.2 Å². The van der Waals surface area contributed by atoms with Crippen LogP contribution in [0, 0.1) is 5.92 Å². The normalized spacial score (nSPS) is 17.3. The summed E-state index contributed by atoms with van der Waals surface area (Å²) in [6, 6.07) is 5.11. The van der Waals surface area contributed by atoms with E-state index in [2.05, 4.69) is 4.98 Å². The van der Waals surface area contributed by atoms with Crippen LogP contribution in [-0.2, 0) is 9.53 Å². The van der Waals surface area contributed by atoms with E-state index in [1.165, 1.54) is 0 Å². The van der Waals surface area contributed by atoms with Crippen molar-refractivity contribution in [1.82, 2.24) is 9.88 Å². The Morgan fingerprint density at radius 1 is 1.33 bits per heavy atom. The second-order valence-corrected chi connectivity index (χ2v) is 4.24. The van der Waals surface area contributed by atoms with Gasteiger partial charge in [-0.3, -0.25) is 14.6 Å². The number of hydrogen-bond donors (Lipinski definition) is 0. The Hall–Kier alpha value is -1.75. The lowest BCUT2D eigenvalue weighted by Crippen LogP contribution is -2.44. The zero-order valence-corrected chi connectivity index (χ0v) is 10.3. The molecule has 2 rings (SSSR count). The van der Waals surface area contributed by atoms with Crippen molar-refractivity contribution in [2.24, 2.45) is 5.92 Å². The number of ether oxygens (including phenoxy) is 1. The van der Waals surface area contributed by atoms with Crippen LogP contribution in [0.2, 0.25) is 0 Å². The van der Waals surface area contributed by atoms with Crippen molar-refractivity contribution in [2.45, 2.75) is 6.92 Å². The van der Waals surface area contributed by atoms with E-state index in [4.69, 9.17) is 4.74 Å². The summed E-state index contributed by atoms with van der Waals surface area (Å²) in [5, 5.41) is 0. The van der Waals surface area contributed by atoms with Gasteiger partial charge in [0.15, 0.2) is 5.78 Å². The van der Waals surface area contributed by atoms with E-state index < -0.39 is 5.92 Å². The molecule has 0 radical (unpaired) electrons. The molecule has 1 aliphatic rings. The summed E-state index contributed by atoms with van der Waals surface area (Å²) in [5.74, 6) is -1.06. The molecule has 96 valence electrons. The van der Waals surface area contributed by atoms with Crippen LogP contribution in [0.4, 0.5) is 0 Å². The molecular formula is C13H16N2O3. The monoisotopic (exact) mass is 248 g/mol. The van der Waals surface area contributed by atoms with Gasteiger partial charge in [-0.25, -0.2) is 0 Å². The number of pyridine rings is 1. The topological polar surface area (TPSA) is 59.5 Å². The van der Waals surface area contributed by atoms with Gasteiger partial charge in [0, 0.05) is 19.3 Å². The summed E-state index contributed by atoms with van der Waals surface area (Å²) >= 11 is 0. The molecular weight excluding hydrogens is 232 g/mol. The number of amides is 1. The van der Waals surface area contributed by atoms with Crippen molar-refractivity contribution in [2.75, 3.05) is 26.3 Å². The Labute approximate surface area is 106 Å². The lowest BCUT2D eigenvalue weighted by molar-refractivity contribution is -0.137. The summed E-state index contributed by atoms with van der Waals surface area (Å²) < 4.78 is 5.18. The number of morpholine rings is 1. The minimum Gasteiger partial charge on any atom is -0.378 e. The average molecular weight is 248 g/mol. The molecule has 5 nitrogen and oxygen atoms in total. The molecule has 0 bridgehead atoms. The molecule has 1 amide bonds. The van der Waals surface area contributed by atoms with Crippen molar-refractivity contribution >= 4 is 11.7 Å². The molecule has 1 atom stereocenters. The Balaban J connectivity index is 2.04. The smallest absolute Gasteiger partial charge is 0.233 e. The van der Waals surface area contributed by atoms with E-state index in [-0.39, 0.29) is 11.7 Å². The minimum atomic E-state index is -0.682. The highest BCUT2D eigenvalue weighted by atomic mass is 16.5. The molecule has 2 heterocycles. The first-order chi connectivity index (χ1) is 8.70. The van der Waals surface area contributed by atoms with E-state index in [9.17, 15) is 9.59 Å². The number of hydrogen-bond acceptors (Lipinski definition) is 4. The number of nitrogens with zero attached hydrogens (tertiary/aromatic N) is 2. The van der Waals surface area contributed by atoms with Gasteiger partial charge < -0.3 is 9.64 Å². The van der Waals surface area contributed by atoms with E-state index in [0.717, 1.165) is 0 Å². The van der Waals surface area contributed by atoms with Crippen LogP contribution in [0.1, 0.15) is 17.4 Å². The average Bonchev–Trinajstić information content (AvgIpc) is 2.47. The molecule has 1 saturated heterocycles. The molecule has 0 aliphatic carbocycles. The van der Waals surface area contributed by atoms with Crippen LogP contribution in [0.5, 0.6) is 0 Å². The van der Waals surface area contributed by atoms with Crippen molar-refractivity contribution < 1.29 is 14.3 Å². The van der Waals surface area contributed by atoms with Crippen molar-refractivity contribution in [3.05, 3.63) is 30.1 Å². The minimum absolute atomic E-state index is 0.144. The van der Waals surface area contributed by atoms with Crippen LogP contribution in [0.25, 0.3) is 0 Å². The third-order valence-corrected chi connectivity index (χ3v) is 3.00. The van der Waals surface area contributed by atoms with Crippen LogP contribution in [0.15, 0.2) is 24.4 Å². The van der Waals surface area contributed by atoms with Gasteiger partial charge in [0.25, 0.3) is 0 Å². The SMILES string of the molecule is CC(C(=O)c1ccccn1)C(=O)N1CCOCC1. The van der Waals surface area contributed by atoms with Crippen LogP contribution < -0.4 is 0 Å². The van der Waals surface area contributed by atoms with Gasteiger partial charge >= 0.3 is 0 Å². The zero-order chi connectivity index (χ0) is 13.0. The Kier molecular flexibility index (Phi) is 4.04. The number of rotatable bonds is 3. The predicted molar refractivity (Wildman–Crippen MR) is 65.1 cm³/mol. The first-order valence-electron chi connectivity index (χ1n) is 6.02. The molecule has 1 fully saturated rings. The van der Waals surface area contributed by atoms with Gasteiger partial charge in [-0.1, -0.05) is 6.07 Å². The number of aromatic nitrogens is 1. The first-order valence-corrected chi connectivity index (χ1v) is 6.02. The molecule has 0 N–H and O–H groups in total. The fourth-order valence-corrected chi connectivity index (χ4v) is 1.90. The molecule has 1 unspecified atom stereocenters. The standard InChI is InChI=1S/C13H16N2O3/c1-10(12(16)11-4-2-3-5-14-11)13(17)15-6-8-18-9-7-15/h2-5,10H,6-9H2,1H3. The molecule has 1 aromatic heterocycles. The van der Waals surface area contributed by atoms with Gasteiger partial charge in [-0.2, -0.15) is 0 Å². The summed E-state index contributed by atoms with van der Waals surface area (Å²) in [7, 11) is 0. The largest absolute Gasteiger partial charge is 0.378 e. The summed E-state index contributed by atoms with van der Waals surface area (Å²) in [4.78, 5) is 29.9. The highest BCUT2D eigenvalue weighted by Crippen LogP contribution is 2.11. The lowest BCUT2D eigenvalue weighted by Gasteiger charge is -2.28. The Morgan fingerprint density at radius 3 is 2.67 bits per heavy atom. The maximum Gasteiger partial charge on any atom is 0.233 e. The lowest BCUT2D eigenvalue weighted by atomic mass is 10.0. The molecule has 0 spiro atoms. The van der Waals surface area contributed by atoms with E-state index in [1.807, 2.05) is 0 Å². The van der Waals surface area contributed by atoms with Gasteiger partial charge in [0.1, 0.15) is 11.6 Å². The molecule has 1 aromatic rings. The molecule has 18 heavy (non-hydrogen) atoms. The highest BCUT2D eigenvalue weighted by Gasteiger charge is 2.28. The summed E-state index contributed by atoms with van der Waals surface area (Å²) in [6.45, 7) is 3.82.